The highest BCUT2D eigenvalue weighted by Gasteiger charge is 2.05. The number of nitrogens with one attached hydrogen (secondary N) is 1. The molecular formula is C12H10F2N2. The third kappa shape index (κ3) is 2.16. The molecule has 16 heavy (non-hydrogen) atoms. The molecule has 4 heteroatoms. The van der Waals surface area contributed by atoms with Gasteiger partial charge >= 0.3 is 0 Å². The van der Waals surface area contributed by atoms with Crippen LogP contribution in [0.1, 0.15) is 5.56 Å². The minimum Gasteiger partial charge on any atom is -0.353 e. The topological polar surface area (TPSA) is 24.9 Å². The number of aromatic nitrogens is 1. The second kappa shape index (κ2) is 4.26. The summed E-state index contributed by atoms with van der Waals surface area (Å²) < 4.78 is 26.3. The number of halogens is 2. The maximum absolute atomic E-state index is 13.5. The molecule has 0 aliphatic carbocycles. The first-order valence-electron chi connectivity index (χ1n) is 4.80. The fourth-order valence-electron chi connectivity index (χ4n) is 1.41. The van der Waals surface area contributed by atoms with Crippen molar-refractivity contribution in [3.8, 4) is 0 Å². The van der Waals surface area contributed by atoms with Crippen molar-refractivity contribution in [1.29, 1.82) is 0 Å². The van der Waals surface area contributed by atoms with Crippen LogP contribution in [0.25, 0.3) is 0 Å². The summed E-state index contributed by atoms with van der Waals surface area (Å²) >= 11 is 0. The van der Waals surface area contributed by atoms with Crippen LogP contribution in [-0.2, 0) is 0 Å². The number of rotatable bonds is 2. The molecule has 1 aromatic heterocycles. The van der Waals surface area contributed by atoms with Crippen molar-refractivity contribution in [2.24, 2.45) is 0 Å². The molecule has 2 nitrogen and oxygen atoms in total. The molecule has 0 atom stereocenters. The number of para-hydroxylation sites is 1. The summed E-state index contributed by atoms with van der Waals surface area (Å²) in [5.41, 5.74) is 1.59. The summed E-state index contributed by atoms with van der Waals surface area (Å²) in [6, 6.07) is 7.56. The molecule has 2 rings (SSSR count). The van der Waals surface area contributed by atoms with Gasteiger partial charge in [0.25, 0.3) is 0 Å². The molecule has 0 aliphatic rings. The lowest BCUT2D eigenvalue weighted by molar-refractivity contribution is 0.584. The van der Waals surface area contributed by atoms with Gasteiger partial charge in [0.15, 0.2) is 0 Å². The zero-order valence-corrected chi connectivity index (χ0v) is 8.67. The van der Waals surface area contributed by atoms with Crippen molar-refractivity contribution < 1.29 is 8.78 Å². The van der Waals surface area contributed by atoms with Gasteiger partial charge in [-0.3, -0.25) is 0 Å². The normalized spacial score (nSPS) is 10.2. The quantitative estimate of drug-likeness (QED) is 0.784. The number of benzene rings is 1. The van der Waals surface area contributed by atoms with E-state index < -0.39 is 5.95 Å². The van der Waals surface area contributed by atoms with E-state index in [1.165, 1.54) is 18.3 Å². The first-order chi connectivity index (χ1) is 7.66. The first-order valence-corrected chi connectivity index (χ1v) is 4.80. The lowest BCUT2D eigenvalue weighted by Gasteiger charge is -2.10. The molecule has 1 heterocycles. The highest BCUT2D eigenvalue weighted by atomic mass is 19.1. The predicted octanol–water partition coefficient (Wildman–Crippen LogP) is 3.41. The monoisotopic (exact) mass is 220 g/mol. The minimum atomic E-state index is -0.598. The number of nitrogens with zero attached hydrogens (tertiary/aromatic N) is 1. The van der Waals surface area contributed by atoms with Crippen LogP contribution in [0.2, 0.25) is 0 Å². The Morgan fingerprint density at radius 2 is 2.00 bits per heavy atom. The van der Waals surface area contributed by atoms with Crippen molar-refractivity contribution in [1.82, 2.24) is 4.98 Å². The van der Waals surface area contributed by atoms with Gasteiger partial charge in [0, 0.05) is 18.0 Å². The second-order valence-electron chi connectivity index (χ2n) is 3.42. The van der Waals surface area contributed by atoms with E-state index in [0.29, 0.717) is 11.4 Å². The van der Waals surface area contributed by atoms with Gasteiger partial charge in [-0.15, -0.1) is 0 Å². The Kier molecular flexibility index (Phi) is 2.81. The van der Waals surface area contributed by atoms with Crippen LogP contribution in [0.15, 0.2) is 36.5 Å². The summed E-state index contributed by atoms with van der Waals surface area (Å²) in [5, 5.41) is 2.83. The predicted molar refractivity (Wildman–Crippen MR) is 58.6 cm³/mol. The molecular weight excluding hydrogens is 210 g/mol. The summed E-state index contributed by atoms with van der Waals surface area (Å²) in [6.45, 7) is 1.78. The molecule has 0 aliphatic heterocycles. The van der Waals surface area contributed by atoms with Crippen LogP contribution in [0, 0.1) is 18.7 Å². The van der Waals surface area contributed by atoms with Gasteiger partial charge in [-0.05, 0) is 24.6 Å². The van der Waals surface area contributed by atoms with Gasteiger partial charge in [0.1, 0.15) is 5.82 Å². The van der Waals surface area contributed by atoms with Gasteiger partial charge in [-0.2, -0.15) is 4.39 Å². The average molecular weight is 220 g/mol. The Bertz CT molecular complexity index is 492. The second-order valence-corrected chi connectivity index (χ2v) is 3.42. The van der Waals surface area contributed by atoms with E-state index in [-0.39, 0.29) is 5.82 Å². The number of hydrogen-bond acceptors (Lipinski definition) is 2. The van der Waals surface area contributed by atoms with E-state index in [1.807, 2.05) is 0 Å². The number of hydrogen-bond donors (Lipinski definition) is 1. The molecule has 2 aromatic rings. The Balaban J connectivity index is 2.34. The lowest BCUT2D eigenvalue weighted by atomic mass is 10.2. The molecule has 0 bridgehead atoms. The Labute approximate surface area is 92.0 Å². The van der Waals surface area contributed by atoms with Crippen LogP contribution in [-0.4, -0.2) is 4.98 Å². The fourth-order valence-corrected chi connectivity index (χ4v) is 1.41. The van der Waals surface area contributed by atoms with Crippen LogP contribution >= 0.6 is 0 Å². The van der Waals surface area contributed by atoms with Crippen LogP contribution in [0.4, 0.5) is 20.2 Å². The first kappa shape index (κ1) is 10.5. The smallest absolute Gasteiger partial charge is 0.214 e. The molecule has 1 N–H and O–H groups in total. The SMILES string of the molecule is Cc1cccc(F)c1Nc1ccnc(F)c1. The van der Waals surface area contributed by atoms with Gasteiger partial charge in [-0.1, -0.05) is 12.1 Å². The van der Waals surface area contributed by atoms with E-state index in [1.54, 1.807) is 25.1 Å². The van der Waals surface area contributed by atoms with E-state index >= 15 is 0 Å². The van der Waals surface area contributed by atoms with Crippen LogP contribution in [0.3, 0.4) is 0 Å². The fraction of sp³-hybridized carbons (Fsp3) is 0.0833. The van der Waals surface area contributed by atoms with Crippen molar-refractivity contribution in [3.63, 3.8) is 0 Å². The van der Waals surface area contributed by atoms with Crippen molar-refractivity contribution >= 4 is 11.4 Å². The molecule has 0 amide bonds. The molecule has 82 valence electrons. The number of aryl methyl sites for hydroxylation is 1. The molecule has 0 unspecified atom stereocenters. The van der Waals surface area contributed by atoms with Crippen LogP contribution in [0.5, 0.6) is 0 Å². The zero-order chi connectivity index (χ0) is 11.5. The van der Waals surface area contributed by atoms with E-state index in [2.05, 4.69) is 10.3 Å². The highest BCUT2D eigenvalue weighted by Crippen LogP contribution is 2.23. The summed E-state index contributed by atoms with van der Waals surface area (Å²) in [7, 11) is 0. The molecule has 0 spiro atoms. The lowest BCUT2D eigenvalue weighted by Crippen LogP contribution is -1.97. The third-order valence-electron chi connectivity index (χ3n) is 2.22. The summed E-state index contributed by atoms with van der Waals surface area (Å²) in [4.78, 5) is 3.43. The minimum absolute atomic E-state index is 0.355. The largest absolute Gasteiger partial charge is 0.353 e. The van der Waals surface area contributed by atoms with E-state index in [4.69, 9.17) is 0 Å². The maximum Gasteiger partial charge on any atom is 0.214 e. The Morgan fingerprint density at radius 3 is 2.69 bits per heavy atom. The molecule has 1 aromatic carbocycles. The third-order valence-corrected chi connectivity index (χ3v) is 2.22. The van der Waals surface area contributed by atoms with Crippen molar-refractivity contribution in [3.05, 3.63) is 53.9 Å². The van der Waals surface area contributed by atoms with Gasteiger partial charge in [0.05, 0.1) is 5.69 Å². The summed E-state index contributed by atoms with van der Waals surface area (Å²) in [6.07, 6.45) is 1.33. The Morgan fingerprint density at radius 1 is 1.19 bits per heavy atom. The van der Waals surface area contributed by atoms with Gasteiger partial charge in [-0.25, -0.2) is 9.37 Å². The standard InChI is InChI=1S/C12H10F2N2/c1-8-3-2-4-10(13)12(8)16-9-5-6-15-11(14)7-9/h2-7H,1H3,(H,15,16). The van der Waals surface area contributed by atoms with Crippen molar-refractivity contribution in [2.75, 3.05) is 5.32 Å². The van der Waals surface area contributed by atoms with E-state index in [9.17, 15) is 8.78 Å². The summed E-state index contributed by atoms with van der Waals surface area (Å²) in [5.74, 6) is -0.962. The van der Waals surface area contributed by atoms with Gasteiger partial charge < -0.3 is 5.32 Å². The maximum atomic E-state index is 13.5. The van der Waals surface area contributed by atoms with Crippen LogP contribution < -0.4 is 5.32 Å². The molecule has 0 fully saturated rings. The van der Waals surface area contributed by atoms with Crippen molar-refractivity contribution in [2.45, 2.75) is 6.92 Å². The van der Waals surface area contributed by atoms with E-state index in [0.717, 1.165) is 5.56 Å². The highest BCUT2D eigenvalue weighted by molar-refractivity contribution is 5.63. The molecule has 0 saturated carbocycles. The van der Waals surface area contributed by atoms with Gasteiger partial charge in [0.2, 0.25) is 5.95 Å². The number of pyridine rings is 1. The zero-order valence-electron chi connectivity index (χ0n) is 8.67. The Hall–Kier alpha value is -1.97. The molecule has 0 saturated heterocycles. The molecule has 0 radical (unpaired) electrons. The number of anilines is 2. The average Bonchev–Trinajstić information content (AvgIpc) is 2.24.